The second-order valence-electron chi connectivity index (χ2n) is 3.72. The van der Waals surface area contributed by atoms with Gasteiger partial charge in [0.1, 0.15) is 0 Å². The Balaban J connectivity index is 2.08. The molecule has 2 unspecified atom stereocenters. The molecule has 1 aliphatic rings. The molecule has 2 heterocycles. The first-order valence-corrected chi connectivity index (χ1v) is 6.35. The lowest BCUT2D eigenvalue weighted by molar-refractivity contribution is 0.384. The first-order chi connectivity index (χ1) is 6.25. The van der Waals surface area contributed by atoms with E-state index >= 15 is 0 Å². The van der Waals surface area contributed by atoms with Crippen LogP contribution in [0.1, 0.15) is 30.6 Å². The normalized spacial score (nSPS) is 29.1. The van der Waals surface area contributed by atoms with Gasteiger partial charge in [-0.05, 0) is 60.3 Å². The van der Waals surface area contributed by atoms with Crippen LogP contribution < -0.4 is 5.32 Å². The Hall–Kier alpha value is 0.140. The summed E-state index contributed by atoms with van der Waals surface area (Å²) < 4.78 is 1.26. The third kappa shape index (κ3) is 2.33. The molecule has 1 saturated heterocycles. The molecular formula is C10H14BrNS. The molecule has 0 spiro atoms. The van der Waals surface area contributed by atoms with Gasteiger partial charge in [-0.1, -0.05) is 0 Å². The third-order valence-electron chi connectivity index (χ3n) is 2.62. The van der Waals surface area contributed by atoms with Crippen LogP contribution in [0.5, 0.6) is 0 Å². The van der Waals surface area contributed by atoms with Gasteiger partial charge in [0.2, 0.25) is 0 Å². The SMILES string of the molecule is CC1CC(c2ccc(Br)s2)CCN1. The zero-order valence-corrected chi connectivity index (χ0v) is 10.1. The lowest BCUT2D eigenvalue weighted by Crippen LogP contribution is -2.34. The maximum atomic E-state index is 3.52. The van der Waals surface area contributed by atoms with E-state index in [1.807, 2.05) is 11.3 Å². The molecule has 0 aliphatic carbocycles. The number of nitrogens with one attached hydrogen (secondary N) is 1. The predicted octanol–water partition coefficient (Wildman–Crippen LogP) is 3.37. The average Bonchev–Trinajstić information content (AvgIpc) is 2.52. The molecule has 1 fully saturated rings. The molecule has 1 nitrogen and oxygen atoms in total. The Morgan fingerprint density at radius 2 is 2.38 bits per heavy atom. The molecule has 1 aromatic rings. The van der Waals surface area contributed by atoms with Gasteiger partial charge >= 0.3 is 0 Å². The third-order valence-corrected chi connectivity index (χ3v) is 4.41. The lowest BCUT2D eigenvalue weighted by atomic mass is 9.92. The molecule has 2 rings (SSSR count). The maximum absolute atomic E-state index is 3.52. The summed E-state index contributed by atoms with van der Waals surface area (Å²) in [6, 6.07) is 5.10. The van der Waals surface area contributed by atoms with Crippen molar-refractivity contribution in [2.75, 3.05) is 6.54 Å². The summed E-state index contributed by atoms with van der Waals surface area (Å²) in [6.45, 7) is 3.44. The van der Waals surface area contributed by atoms with Crippen LogP contribution in [-0.2, 0) is 0 Å². The van der Waals surface area contributed by atoms with Gasteiger partial charge in [0.05, 0.1) is 3.79 Å². The summed E-state index contributed by atoms with van der Waals surface area (Å²) in [4.78, 5) is 1.54. The van der Waals surface area contributed by atoms with Gasteiger partial charge in [-0.3, -0.25) is 0 Å². The highest BCUT2D eigenvalue weighted by atomic mass is 79.9. The first kappa shape index (κ1) is 9.69. The van der Waals surface area contributed by atoms with Crippen LogP contribution in [0.3, 0.4) is 0 Å². The van der Waals surface area contributed by atoms with Crippen molar-refractivity contribution in [1.29, 1.82) is 0 Å². The van der Waals surface area contributed by atoms with Crippen molar-refractivity contribution >= 4 is 27.3 Å². The van der Waals surface area contributed by atoms with E-state index in [0.717, 1.165) is 5.92 Å². The Kier molecular flexibility index (Phi) is 3.06. The Morgan fingerprint density at radius 3 is 3.00 bits per heavy atom. The molecule has 2 atom stereocenters. The van der Waals surface area contributed by atoms with Crippen molar-refractivity contribution in [3.8, 4) is 0 Å². The van der Waals surface area contributed by atoms with Gasteiger partial charge in [0.25, 0.3) is 0 Å². The summed E-state index contributed by atoms with van der Waals surface area (Å²) in [5.41, 5.74) is 0. The van der Waals surface area contributed by atoms with Crippen LogP contribution >= 0.6 is 27.3 Å². The van der Waals surface area contributed by atoms with Gasteiger partial charge in [-0.15, -0.1) is 11.3 Å². The predicted molar refractivity (Wildman–Crippen MR) is 61.5 cm³/mol. The molecule has 1 aromatic heterocycles. The summed E-state index contributed by atoms with van der Waals surface area (Å²) in [6.07, 6.45) is 2.57. The molecule has 0 aromatic carbocycles. The van der Waals surface area contributed by atoms with Crippen molar-refractivity contribution in [1.82, 2.24) is 5.32 Å². The second kappa shape index (κ2) is 4.11. The fraction of sp³-hybridized carbons (Fsp3) is 0.600. The van der Waals surface area contributed by atoms with E-state index in [4.69, 9.17) is 0 Å². The van der Waals surface area contributed by atoms with Crippen molar-refractivity contribution in [3.05, 3.63) is 20.8 Å². The van der Waals surface area contributed by atoms with Crippen LogP contribution in [-0.4, -0.2) is 12.6 Å². The summed E-state index contributed by atoms with van der Waals surface area (Å²) in [5, 5.41) is 3.48. The van der Waals surface area contributed by atoms with E-state index in [-0.39, 0.29) is 0 Å². The van der Waals surface area contributed by atoms with Crippen LogP contribution in [0, 0.1) is 0 Å². The van der Waals surface area contributed by atoms with Gasteiger partial charge < -0.3 is 5.32 Å². The first-order valence-electron chi connectivity index (χ1n) is 4.74. The van der Waals surface area contributed by atoms with Gasteiger partial charge in [-0.25, -0.2) is 0 Å². The van der Waals surface area contributed by atoms with Crippen LogP contribution in [0.25, 0.3) is 0 Å². The summed E-state index contributed by atoms with van der Waals surface area (Å²) in [7, 11) is 0. The Morgan fingerprint density at radius 1 is 1.54 bits per heavy atom. The average molecular weight is 260 g/mol. The zero-order chi connectivity index (χ0) is 9.26. The monoisotopic (exact) mass is 259 g/mol. The topological polar surface area (TPSA) is 12.0 Å². The summed E-state index contributed by atoms with van der Waals surface area (Å²) >= 11 is 5.40. The molecule has 0 bridgehead atoms. The van der Waals surface area contributed by atoms with E-state index in [9.17, 15) is 0 Å². The number of hydrogen-bond donors (Lipinski definition) is 1. The van der Waals surface area contributed by atoms with Crippen molar-refractivity contribution in [2.24, 2.45) is 0 Å². The number of hydrogen-bond acceptors (Lipinski definition) is 2. The molecular weight excluding hydrogens is 246 g/mol. The summed E-state index contributed by atoms with van der Waals surface area (Å²) in [5.74, 6) is 0.785. The van der Waals surface area contributed by atoms with Crippen LogP contribution in [0.15, 0.2) is 15.9 Å². The number of thiophene rings is 1. The number of piperidine rings is 1. The van der Waals surface area contributed by atoms with Crippen LogP contribution in [0.4, 0.5) is 0 Å². The fourth-order valence-corrected chi connectivity index (χ4v) is 3.51. The standard InChI is InChI=1S/C10H14BrNS/c1-7-6-8(4-5-12-7)9-2-3-10(11)13-9/h2-3,7-8,12H,4-6H2,1H3. The molecule has 0 radical (unpaired) electrons. The van der Waals surface area contributed by atoms with Gasteiger partial charge in [0, 0.05) is 10.9 Å². The maximum Gasteiger partial charge on any atom is 0.0701 e. The van der Waals surface area contributed by atoms with E-state index in [1.54, 1.807) is 4.88 Å². The van der Waals surface area contributed by atoms with E-state index < -0.39 is 0 Å². The molecule has 72 valence electrons. The minimum atomic E-state index is 0.680. The highest BCUT2D eigenvalue weighted by molar-refractivity contribution is 9.11. The van der Waals surface area contributed by atoms with Crippen molar-refractivity contribution in [2.45, 2.75) is 31.7 Å². The van der Waals surface area contributed by atoms with E-state index in [2.05, 4.69) is 40.3 Å². The van der Waals surface area contributed by atoms with Crippen LogP contribution in [0.2, 0.25) is 0 Å². The Labute approximate surface area is 91.7 Å². The van der Waals surface area contributed by atoms with E-state index in [0.29, 0.717) is 6.04 Å². The molecule has 0 amide bonds. The highest BCUT2D eigenvalue weighted by Gasteiger charge is 2.20. The minimum Gasteiger partial charge on any atom is -0.314 e. The molecule has 0 saturated carbocycles. The smallest absolute Gasteiger partial charge is 0.0701 e. The molecule has 3 heteroatoms. The lowest BCUT2D eigenvalue weighted by Gasteiger charge is -2.27. The Bertz CT molecular complexity index is 284. The number of halogens is 1. The van der Waals surface area contributed by atoms with Gasteiger partial charge in [-0.2, -0.15) is 0 Å². The largest absolute Gasteiger partial charge is 0.314 e. The molecule has 1 aliphatic heterocycles. The second-order valence-corrected chi connectivity index (χ2v) is 6.21. The van der Waals surface area contributed by atoms with Gasteiger partial charge in [0.15, 0.2) is 0 Å². The fourth-order valence-electron chi connectivity index (χ4n) is 1.94. The minimum absolute atomic E-state index is 0.680. The van der Waals surface area contributed by atoms with Crippen molar-refractivity contribution < 1.29 is 0 Å². The van der Waals surface area contributed by atoms with E-state index in [1.165, 1.54) is 23.2 Å². The van der Waals surface area contributed by atoms with Crippen molar-refractivity contribution in [3.63, 3.8) is 0 Å². The number of rotatable bonds is 1. The molecule has 1 N–H and O–H groups in total. The highest BCUT2D eigenvalue weighted by Crippen LogP contribution is 2.34. The quantitative estimate of drug-likeness (QED) is 0.816. The zero-order valence-electron chi connectivity index (χ0n) is 7.72. The molecule has 13 heavy (non-hydrogen) atoms.